The van der Waals surface area contributed by atoms with E-state index in [0.717, 1.165) is 37.5 Å². The molecule has 2 heterocycles. The van der Waals surface area contributed by atoms with E-state index >= 15 is 0 Å². The first-order valence-electron chi connectivity index (χ1n) is 9.66. The summed E-state index contributed by atoms with van der Waals surface area (Å²) in [6, 6.07) is 15.6. The maximum absolute atomic E-state index is 6.04. The van der Waals surface area contributed by atoms with Crippen molar-refractivity contribution in [1.29, 1.82) is 0 Å². The standard InChI is InChI=1S/C23H27ClN2/c1-4-25-15-21-20-7-5-6-16(2)23(20)26(22(21)14-17(25)3)13-12-18-8-10-19(24)11-9-18/h5-11,17H,4,12-15H2,1-3H3. The molecule has 2 aromatic carbocycles. The Morgan fingerprint density at radius 1 is 1.12 bits per heavy atom. The molecule has 26 heavy (non-hydrogen) atoms. The molecule has 1 aromatic heterocycles. The van der Waals surface area contributed by atoms with Crippen molar-refractivity contribution in [3.05, 3.63) is 69.9 Å². The van der Waals surface area contributed by atoms with Crippen LogP contribution in [0, 0.1) is 6.92 Å². The summed E-state index contributed by atoms with van der Waals surface area (Å²) in [6.07, 6.45) is 2.17. The van der Waals surface area contributed by atoms with Gasteiger partial charge in [-0.2, -0.15) is 0 Å². The number of aromatic nitrogens is 1. The Bertz CT molecular complexity index is 924. The Morgan fingerprint density at radius 2 is 1.88 bits per heavy atom. The van der Waals surface area contributed by atoms with Crippen molar-refractivity contribution in [3.8, 4) is 0 Å². The highest BCUT2D eigenvalue weighted by Crippen LogP contribution is 2.34. The first-order valence-corrected chi connectivity index (χ1v) is 10.0. The predicted molar refractivity (Wildman–Crippen MR) is 111 cm³/mol. The number of hydrogen-bond acceptors (Lipinski definition) is 1. The molecule has 1 unspecified atom stereocenters. The van der Waals surface area contributed by atoms with Gasteiger partial charge in [0.15, 0.2) is 0 Å². The molecule has 0 radical (unpaired) electrons. The zero-order chi connectivity index (χ0) is 18.3. The summed E-state index contributed by atoms with van der Waals surface area (Å²) in [5.74, 6) is 0. The fraction of sp³-hybridized carbons (Fsp3) is 0.391. The average molecular weight is 367 g/mol. The van der Waals surface area contributed by atoms with Crippen LogP contribution in [-0.2, 0) is 25.9 Å². The van der Waals surface area contributed by atoms with E-state index in [0.29, 0.717) is 6.04 Å². The number of halogens is 1. The molecule has 2 nitrogen and oxygen atoms in total. The highest BCUT2D eigenvalue weighted by atomic mass is 35.5. The van der Waals surface area contributed by atoms with Crippen molar-refractivity contribution in [1.82, 2.24) is 9.47 Å². The number of benzene rings is 2. The van der Waals surface area contributed by atoms with Crippen LogP contribution in [0.3, 0.4) is 0 Å². The van der Waals surface area contributed by atoms with Gasteiger partial charge in [0.05, 0.1) is 5.52 Å². The van der Waals surface area contributed by atoms with Gasteiger partial charge in [-0.3, -0.25) is 4.90 Å². The van der Waals surface area contributed by atoms with Gasteiger partial charge in [0, 0.05) is 41.7 Å². The summed E-state index contributed by atoms with van der Waals surface area (Å²) < 4.78 is 2.60. The Hall–Kier alpha value is -1.77. The van der Waals surface area contributed by atoms with E-state index in [1.165, 1.54) is 22.0 Å². The number of para-hydroxylation sites is 1. The van der Waals surface area contributed by atoms with Crippen LogP contribution in [-0.4, -0.2) is 22.1 Å². The molecule has 0 bridgehead atoms. The number of fused-ring (bicyclic) bond motifs is 3. The third kappa shape index (κ3) is 3.06. The summed E-state index contributed by atoms with van der Waals surface area (Å²) in [4.78, 5) is 2.59. The van der Waals surface area contributed by atoms with Gasteiger partial charge >= 0.3 is 0 Å². The predicted octanol–water partition coefficient (Wildman–Crippen LogP) is 5.61. The third-order valence-corrected chi connectivity index (χ3v) is 6.18. The van der Waals surface area contributed by atoms with Gasteiger partial charge < -0.3 is 4.57 Å². The SMILES string of the molecule is CCN1Cc2c(n(CCc3ccc(Cl)cc3)c3c(C)cccc23)CC1C. The largest absolute Gasteiger partial charge is 0.344 e. The average Bonchev–Trinajstić information content (AvgIpc) is 2.94. The second-order valence-electron chi connectivity index (χ2n) is 7.54. The van der Waals surface area contributed by atoms with E-state index in [4.69, 9.17) is 11.6 Å². The Balaban J connectivity index is 1.76. The number of likely N-dealkylation sites (N-methyl/N-ethyl adjacent to an activating group) is 1. The minimum absolute atomic E-state index is 0.603. The minimum Gasteiger partial charge on any atom is -0.344 e. The summed E-state index contributed by atoms with van der Waals surface area (Å²) in [7, 11) is 0. The van der Waals surface area contributed by atoms with E-state index in [9.17, 15) is 0 Å². The van der Waals surface area contributed by atoms with Crippen LogP contribution in [0.1, 0.15) is 36.2 Å². The minimum atomic E-state index is 0.603. The monoisotopic (exact) mass is 366 g/mol. The van der Waals surface area contributed by atoms with Gasteiger partial charge in [0.2, 0.25) is 0 Å². The van der Waals surface area contributed by atoms with Gasteiger partial charge in [-0.25, -0.2) is 0 Å². The number of hydrogen-bond donors (Lipinski definition) is 0. The van der Waals surface area contributed by atoms with E-state index in [1.807, 2.05) is 12.1 Å². The van der Waals surface area contributed by atoms with Crippen LogP contribution in [0.4, 0.5) is 0 Å². The molecule has 0 aliphatic carbocycles. The first kappa shape index (κ1) is 17.6. The van der Waals surface area contributed by atoms with Gasteiger partial charge in [0.25, 0.3) is 0 Å². The molecule has 1 atom stereocenters. The summed E-state index contributed by atoms with van der Waals surface area (Å²) in [6.45, 7) is 10.1. The zero-order valence-electron chi connectivity index (χ0n) is 15.9. The lowest BCUT2D eigenvalue weighted by Gasteiger charge is -2.33. The first-order chi connectivity index (χ1) is 12.6. The van der Waals surface area contributed by atoms with Crippen LogP contribution < -0.4 is 0 Å². The summed E-state index contributed by atoms with van der Waals surface area (Å²) >= 11 is 6.04. The molecule has 0 saturated heterocycles. The fourth-order valence-electron chi connectivity index (χ4n) is 4.45. The lowest BCUT2D eigenvalue weighted by molar-refractivity contribution is 0.192. The van der Waals surface area contributed by atoms with Crippen LogP contribution >= 0.6 is 11.6 Å². The third-order valence-electron chi connectivity index (χ3n) is 5.92. The van der Waals surface area contributed by atoms with Crippen LogP contribution in [0.2, 0.25) is 5.02 Å². The van der Waals surface area contributed by atoms with Crippen molar-refractivity contribution in [2.75, 3.05) is 6.54 Å². The van der Waals surface area contributed by atoms with Crippen molar-refractivity contribution in [3.63, 3.8) is 0 Å². The molecule has 0 fully saturated rings. The summed E-state index contributed by atoms with van der Waals surface area (Å²) in [5, 5.41) is 2.25. The molecule has 0 N–H and O–H groups in total. The van der Waals surface area contributed by atoms with Crippen LogP contribution in [0.25, 0.3) is 10.9 Å². The molecular weight excluding hydrogens is 340 g/mol. The van der Waals surface area contributed by atoms with Gasteiger partial charge in [-0.05, 0) is 55.6 Å². The van der Waals surface area contributed by atoms with E-state index in [-0.39, 0.29) is 0 Å². The van der Waals surface area contributed by atoms with Gasteiger partial charge in [-0.1, -0.05) is 48.9 Å². The lowest BCUT2D eigenvalue weighted by atomic mass is 9.99. The molecule has 136 valence electrons. The number of nitrogens with zero attached hydrogens (tertiary/aromatic N) is 2. The maximum Gasteiger partial charge on any atom is 0.0515 e. The maximum atomic E-state index is 6.04. The highest BCUT2D eigenvalue weighted by Gasteiger charge is 2.27. The Kier molecular flexibility index (Phi) is 4.81. The molecule has 1 aliphatic rings. The topological polar surface area (TPSA) is 8.17 Å². The van der Waals surface area contributed by atoms with E-state index in [2.05, 4.69) is 60.6 Å². The second kappa shape index (κ2) is 7.09. The second-order valence-corrected chi connectivity index (χ2v) is 7.98. The fourth-order valence-corrected chi connectivity index (χ4v) is 4.58. The van der Waals surface area contributed by atoms with Crippen molar-refractivity contribution in [2.45, 2.75) is 52.7 Å². The lowest BCUT2D eigenvalue weighted by Crippen LogP contribution is -2.38. The number of rotatable bonds is 4. The van der Waals surface area contributed by atoms with Crippen molar-refractivity contribution >= 4 is 22.5 Å². The van der Waals surface area contributed by atoms with Gasteiger partial charge in [0.1, 0.15) is 0 Å². The van der Waals surface area contributed by atoms with Crippen molar-refractivity contribution < 1.29 is 0 Å². The van der Waals surface area contributed by atoms with Crippen LogP contribution in [0.15, 0.2) is 42.5 Å². The molecular formula is C23H27ClN2. The van der Waals surface area contributed by atoms with E-state index in [1.54, 1.807) is 11.3 Å². The van der Waals surface area contributed by atoms with Gasteiger partial charge in [-0.15, -0.1) is 0 Å². The quantitative estimate of drug-likeness (QED) is 0.582. The summed E-state index contributed by atoms with van der Waals surface area (Å²) in [5.41, 5.74) is 7.23. The molecule has 1 aliphatic heterocycles. The molecule has 3 aromatic rings. The zero-order valence-corrected chi connectivity index (χ0v) is 16.7. The molecule has 0 amide bonds. The molecule has 0 saturated carbocycles. The molecule has 3 heteroatoms. The van der Waals surface area contributed by atoms with E-state index < -0.39 is 0 Å². The smallest absolute Gasteiger partial charge is 0.0515 e. The normalized spacial score (nSPS) is 17.6. The van der Waals surface area contributed by atoms with Crippen molar-refractivity contribution in [2.24, 2.45) is 0 Å². The molecule has 0 spiro atoms. The molecule has 4 rings (SSSR count). The Labute approximate surface area is 161 Å². The Morgan fingerprint density at radius 3 is 2.62 bits per heavy atom. The highest BCUT2D eigenvalue weighted by molar-refractivity contribution is 6.30. The number of aryl methyl sites for hydroxylation is 3. The van der Waals surface area contributed by atoms with Crippen LogP contribution in [0.5, 0.6) is 0 Å².